The summed E-state index contributed by atoms with van der Waals surface area (Å²) >= 11 is 1.45. The number of hydrogen-bond donors (Lipinski definition) is 1. The molecule has 32 heavy (non-hydrogen) atoms. The number of nitrogens with zero attached hydrogens (tertiary/aromatic N) is 4. The van der Waals surface area contributed by atoms with Crippen molar-refractivity contribution in [1.29, 1.82) is 5.26 Å². The van der Waals surface area contributed by atoms with Gasteiger partial charge in [0.15, 0.2) is 0 Å². The van der Waals surface area contributed by atoms with E-state index in [0.717, 1.165) is 21.6 Å². The zero-order valence-electron chi connectivity index (χ0n) is 18.4. The van der Waals surface area contributed by atoms with E-state index in [1.165, 1.54) is 16.0 Å². The third kappa shape index (κ3) is 3.65. The van der Waals surface area contributed by atoms with Gasteiger partial charge in [-0.25, -0.2) is 9.67 Å². The summed E-state index contributed by atoms with van der Waals surface area (Å²) in [5.41, 5.74) is 3.79. The smallest absolute Gasteiger partial charge is 0.285 e. The monoisotopic (exact) mass is 445 g/mol. The number of nitriles is 1. The summed E-state index contributed by atoms with van der Waals surface area (Å²) in [6, 6.07) is 10.1. The molecule has 0 aliphatic rings. The lowest BCUT2D eigenvalue weighted by Gasteiger charge is -2.11. The van der Waals surface area contributed by atoms with Crippen molar-refractivity contribution in [3.63, 3.8) is 0 Å². The average molecular weight is 446 g/mol. The van der Waals surface area contributed by atoms with Crippen LogP contribution >= 0.6 is 11.3 Å². The van der Waals surface area contributed by atoms with Crippen molar-refractivity contribution >= 4 is 21.6 Å². The first kappa shape index (κ1) is 21.7. The third-order valence-electron chi connectivity index (χ3n) is 5.57. The van der Waals surface area contributed by atoms with E-state index >= 15 is 0 Å². The second kappa shape index (κ2) is 8.52. The molecular formula is C24H23N5O2S. The summed E-state index contributed by atoms with van der Waals surface area (Å²) in [5, 5.41) is 14.5. The van der Waals surface area contributed by atoms with E-state index in [1.54, 1.807) is 0 Å². The van der Waals surface area contributed by atoms with Gasteiger partial charge >= 0.3 is 0 Å². The van der Waals surface area contributed by atoms with Crippen molar-refractivity contribution in [2.24, 2.45) is 0 Å². The van der Waals surface area contributed by atoms with Gasteiger partial charge in [-0.15, -0.1) is 11.3 Å². The molecule has 1 aromatic carbocycles. The van der Waals surface area contributed by atoms with Crippen LogP contribution < -0.4 is 11.1 Å². The van der Waals surface area contributed by atoms with Gasteiger partial charge in [0, 0.05) is 10.4 Å². The van der Waals surface area contributed by atoms with Gasteiger partial charge in [-0.3, -0.25) is 9.59 Å². The molecule has 0 aliphatic heterocycles. The number of aryl methyl sites for hydroxylation is 3. The Labute approximate surface area is 189 Å². The van der Waals surface area contributed by atoms with Crippen molar-refractivity contribution in [3.8, 4) is 17.2 Å². The fraction of sp³-hybridized carbons (Fsp3) is 0.292. The maximum atomic E-state index is 13.0. The van der Waals surface area contributed by atoms with Crippen LogP contribution in [0.25, 0.3) is 21.3 Å². The first-order chi connectivity index (χ1) is 15.4. The fourth-order valence-corrected chi connectivity index (χ4v) is 5.05. The van der Waals surface area contributed by atoms with E-state index in [2.05, 4.69) is 15.1 Å². The molecule has 0 saturated carbocycles. The summed E-state index contributed by atoms with van der Waals surface area (Å²) < 4.78 is 1.22. The highest BCUT2D eigenvalue weighted by atomic mass is 32.1. The molecule has 0 radical (unpaired) electrons. The number of rotatable bonds is 5. The van der Waals surface area contributed by atoms with Crippen LogP contribution in [0.4, 0.5) is 0 Å². The SMILES string of the molecule is CCc1nn(Cc2nc3sc(C)c(-c4ccc(C)cc4)c3c(=O)[nH]2)c(=O)c(C#N)c1CC. The average Bonchev–Trinajstić information content (AvgIpc) is 3.11. The molecule has 0 unspecified atom stereocenters. The first-order valence-electron chi connectivity index (χ1n) is 10.5. The number of nitrogens with one attached hydrogen (secondary N) is 1. The van der Waals surface area contributed by atoms with Crippen molar-refractivity contribution < 1.29 is 0 Å². The van der Waals surface area contributed by atoms with Crippen LogP contribution in [0, 0.1) is 25.2 Å². The Balaban J connectivity index is 1.83. The Morgan fingerprint density at radius 3 is 2.47 bits per heavy atom. The number of H-pyrrole nitrogens is 1. The predicted molar refractivity (Wildman–Crippen MR) is 126 cm³/mol. The standard InChI is InChI=1S/C24H23N5O2S/c1-5-16-17(11-25)24(31)29(28-18(16)6-2)12-19-26-22(30)21-20(14(4)32-23(21)27-19)15-9-7-13(3)8-10-15/h7-10H,5-6,12H2,1-4H3,(H,26,27,30). The quantitative estimate of drug-likeness (QED) is 0.502. The molecular weight excluding hydrogens is 422 g/mol. The van der Waals surface area contributed by atoms with Gasteiger partial charge in [0.05, 0.1) is 11.1 Å². The first-order valence-corrected chi connectivity index (χ1v) is 11.3. The van der Waals surface area contributed by atoms with Gasteiger partial charge < -0.3 is 4.98 Å². The van der Waals surface area contributed by atoms with E-state index in [-0.39, 0.29) is 17.7 Å². The van der Waals surface area contributed by atoms with E-state index < -0.39 is 5.56 Å². The molecule has 4 aromatic rings. The van der Waals surface area contributed by atoms with E-state index in [1.807, 2.05) is 58.0 Å². The molecule has 8 heteroatoms. The van der Waals surface area contributed by atoms with Crippen molar-refractivity contribution in [3.05, 3.63) is 78.1 Å². The Morgan fingerprint density at radius 2 is 1.84 bits per heavy atom. The number of hydrogen-bond acceptors (Lipinski definition) is 6. The van der Waals surface area contributed by atoms with Gasteiger partial charge in [-0.1, -0.05) is 43.7 Å². The van der Waals surface area contributed by atoms with Gasteiger partial charge in [0.1, 0.15) is 28.8 Å². The molecule has 0 amide bonds. The minimum Gasteiger partial charge on any atom is -0.308 e. The summed E-state index contributed by atoms with van der Waals surface area (Å²) in [5.74, 6) is 0.337. The summed E-state index contributed by atoms with van der Waals surface area (Å²) in [7, 11) is 0. The fourth-order valence-electron chi connectivity index (χ4n) is 3.99. The summed E-state index contributed by atoms with van der Waals surface area (Å²) in [6.07, 6.45) is 1.16. The Bertz CT molecular complexity index is 1490. The number of aromatic amines is 1. The molecule has 0 bridgehead atoms. The van der Waals surface area contributed by atoms with Crippen LogP contribution in [0.2, 0.25) is 0 Å². The normalized spacial score (nSPS) is 11.1. The zero-order chi connectivity index (χ0) is 23.0. The van der Waals surface area contributed by atoms with Gasteiger partial charge in [0.25, 0.3) is 11.1 Å². The topological polar surface area (TPSA) is 104 Å². The maximum absolute atomic E-state index is 13.0. The lowest BCUT2D eigenvalue weighted by atomic mass is 10.0. The molecule has 4 rings (SSSR count). The second-order valence-corrected chi connectivity index (χ2v) is 8.88. The molecule has 3 heterocycles. The molecule has 7 nitrogen and oxygen atoms in total. The lowest BCUT2D eigenvalue weighted by Crippen LogP contribution is -2.30. The predicted octanol–water partition coefficient (Wildman–Crippen LogP) is 3.87. The van der Waals surface area contributed by atoms with Crippen molar-refractivity contribution in [2.45, 2.75) is 47.1 Å². The minimum absolute atomic E-state index is 0.00744. The van der Waals surface area contributed by atoms with Gasteiger partial charge in [-0.05, 0) is 37.8 Å². The molecule has 162 valence electrons. The number of benzene rings is 1. The molecule has 0 atom stereocenters. The Morgan fingerprint density at radius 1 is 1.12 bits per heavy atom. The molecule has 0 saturated heterocycles. The highest BCUT2D eigenvalue weighted by molar-refractivity contribution is 7.19. The maximum Gasteiger partial charge on any atom is 0.285 e. The number of fused-ring (bicyclic) bond motifs is 1. The summed E-state index contributed by atoms with van der Waals surface area (Å²) in [6.45, 7) is 7.83. The third-order valence-corrected chi connectivity index (χ3v) is 6.57. The van der Waals surface area contributed by atoms with Crippen LogP contribution in [-0.2, 0) is 19.4 Å². The van der Waals surface area contributed by atoms with Crippen molar-refractivity contribution in [2.75, 3.05) is 0 Å². The highest BCUT2D eigenvalue weighted by Gasteiger charge is 2.19. The molecule has 0 fully saturated rings. The van der Waals surface area contributed by atoms with Gasteiger partial charge in [0.2, 0.25) is 0 Å². The van der Waals surface area contributed by atoms with E-state index in [0.29, 0.717) is 40.1 Å². The Hall–Kier alpha value is -3.57. The van der Waals surface area contributed by atoms with Crippen LogP contribution in [-0.4, -0.2) is 19.7 Å². The molecule has 0 aliphatic carbocycles. The van der Waals surface area contributed by atoms with Crippen molar-refractivity contribution in [1.82, 2.24) is 19.7 Å². The van der Waals surface area contributed by atoms with E-state index in [4.69, 9.17) is 0 Å². The molecule has 1 N–H and O–H groups in total. The van der Waals surface area contributed by atoms with Crippen LogP contribution in [0.15, 0.2) is 33.9 Å². The van der Waals surface area contributed by atoms with Gasteiger partial charge in [-0.2, -0.15) is 10.4 Å². The number of thiophene rings is 1. The summed E-state index contributed by atoms with van der Waals surface area (Å²) in [4.78, 5) is 35.0. The zero-order valence-corrected chi connectivity index (χ0v) is 19.3. The van der Waals surface area contributed by atoms with Crippen LogP contribution in [0.5, 0.6) is 0 Å². The number of aromatic nitrogens is 4. The molecule has 0 spiro atoms. The second-order valence-electron chi connectivity index (χ2n) is 7.67. The molecule has 3 aromatic heterocycles. The largest absolute Gasteiger partial charge is 0.308 e. The van der Waals surface area contributed by atoms with Crippen LogP contribution in [0.1, 0.15) is 46.9 Å². The highest BCUT2D eigenvalue weighted by Crippen LogP contribution is 2.35. The van der Waals surface area contributed by atoms with Crippen LogP contribution in [0.3, 0.4) is 0 Å². The van der Waals surface area contributed by atoms with E-state index in [9.17, 15) is 14.9 Å². The minimum atomic E-state index is -0.466. The lowest BCUT2D eigenvalue weighted by molar-refractivity contribution is 0.592. The Kier molecular flexibility index (Phi) is 5.76.